The van der Waals surface area contributed by atoms with Crippen LogP contribution in [0.3, 0.4) is 0 Å². The van der Waals surface area contributed by atoms with Crippen LogP contribution in [0, 0.1) is 17.8 Å². The molecule has 56 heavy (non-hydrogen) atoms. The fourth-order valence-corrected chi connectivity index (χ4v) is 8.09. The predicted molar refractivity (Wildman–Crippen MR) is 222 cm³/mol. The maximum absolute atomic E-state index is 14.8. The molecule has 1 saturated heterocycles. The number of hydrogen-bond acceptors (Lipinski definition) is 9. The second-order valence-corrected chi connectivity index (χ2v) is 16.6. The lowest BCUT2D eigenvalue weighted by atomic mass is 9.92. The summed E-state index contributed by atoms with van der Waals surface area (Å²) in [6.45, 7) is 15.5. The van der Waals surface area contributed by atoms with Crippen LogP contribution in [0.4, 0.5) is 0 Å². The molecule has 2 aromatic rings. The Morgan fingerprint density at radius 3 is 2.36 bits per heavy atom. The molecular formula is C43H67N5O7S. The Kier molecular flexibility index (Phi) is 19.5. The van der Waals surface area contributed by atoms with Gasteiger partial charge in [0.1, 0.15) is 28.6 Å². The van der Waals surface area contributed by atoms with E-state index in [-0.39, 0.29) is 53.6 Å². The number of likely N-dealkylation sites (N-methyl/N-ethyl adjacent to an activating group) is 1. The number of aromatic nitrogens is 1. The van der Waals surface area contributed by atoms with Gasteiger partial charge in [0.05, 0.1) is 12.0 Å². The second kappa shape index (κ2) is 23.4. The zero-order chi connectivity index (χ0) is 41.4. The molecule has 1 aliphatic heterocycles. The number of piperidine rings is 1. The van der Waals surface area contributed by atoms with Gasteiger partial charge < -0.3 is 30.5 Å². The topological polar surface area (TPSA) is 161 Å². The Hall–Kier alpha value is -3.81. The van der Waals surface area contributed by atoms with E-state index in [1.165, 1.54) is 11.3 Å². The van der Waals surface area contributed by atoms with E-state index >= 15 is 0 Å². The van der Waals surface area contributed by atoms with E-state index in [0.29, 0.717) is 31.0 Å². The first-order valence-corrected chi connectivity index (χ1v) is 21.4. The van der Waals surface area contributed by atoms with Crippen LogP contribution in [0.15, 0.2) is 41.8 Å². The third kappa shape index (κ3) is 14.0. The number of hydrogen-bond donors (Lipinski definition) is 4. The first-order chi connectivity index (χ1) is 26.7. The number of carbonyl (C=O) groups excluding carboxylic acids is 3. The maximum Gasteiger partial charge on any atom is 0.306 e. The van der Waals surface area contributed by atoms with Crippen LogP contribution < -0.4 is 10.6 Å². The number of amides is 3. The van der Waals surface area contributed by atoms with E-state index in [1.807, 2.05) is 38.8 Å². The molecule has 4 N–H and O–H groups in total. The number of carbonyl (C=O) groups is 4. The van der Waals surface area contributed by atoms with Crippen molar-refractivity contribution in [1.29, 1.82) is 0 Å². The number of unbranched alkanes of at least 4 members (excludes halogenated alkanes) is 1. The summed E-state index contributed by atoms with van der Waals surface area (Å²) in [4.78, 5) is 62.6. The molecule has 1 aliphatic rings. The number of nitrogens with one attached hydrogen (secondary N) is 2. The molecule has 13 heteroatoms. The first kappa shape index (κ1) is 46.6. The van der Waals surface area contributed by atoms with Crippen LogP contribution in [0.5, 0.6) is 5.75 Å². The largest absolute Gasteiger partial charge is 0.508 e. The molecule has 3 rings (SSSR count). The number of benzene rings is 1. The van der Waals surface area contributed by atoms with Crippen LogP contribution in [-0.4, -0.2) is 99.6 Å². The monoisotopic (exact) mass is 797 g/mol. The van der Waals surface area contributed by atoms with E-state index in [4.69, 9.17) is 9.72 Å². The van der Waals surface area contributed by atoms with Gasteiger partial charge in [-0.05, 0) is 82.2 Å². The zero-order valence-corrected chi connectivity index (χ0v) is 35.6. The molecule has 312 valence electrons. The van der Waals surface area contributed by atoms with Gasteiger partial charge in [0.25, 0.3) is 5.91 Å². The van der Waals surface area contributed by atoms with Gasteiger partial charge in [-0.25, -0.2) is 4.98 Å². The van der Waals surface area contributed by atoms with Crippen molar-refractivity contribution in [2.24, 2.45) is 17.8 Å². The number of thiazole rings is 1. The number of carboxylic acids is 1. The number of carboxylic acid groups (broad SMARTS) is 1. The Morgan fingerprint density at radius 1 is 1.04 bits per heavy atom. The summed E-state index contributed by atoms with van der Waals surface area (Å²) in [6, 6.07) is 4.90. The van der Waals surface area contributed by atoms with E-state index in [9.17, 15) is 29.4 Å². The smallest absolute Gasteiger partial charge is 0.306 e. The van der Waals surface area contributed by atoms with Crippen LogP contribution in [0.2, 0.25) is 0 Å². The molecule has 0 spiro atoms. The summed E-state index contributed by atoms with van der Waals surface area (Å²) < 4.78 is 6.31. The van der Waals surface area contributed by atoms with Gasteiger partial charge in [-0.2, -0.15) is 0 Å². The van der Waals surface area contributed by atoms with Crippen molar-refractivity contribution in [2.75, 3.05) is 26.7 Å². The predicted octanol–water partition coefficient (Wildman–Crippen LogP) is 6.99. The van der Waals surface area contributed by atoms with Crippen molar-refractivity contribution < 1.29 is 34.1 Å². The molecule has 0 aliphatic carbocycles. The van der Waals surface area contributed by atoms with Crippen LogP contribution in [0.25, 0.3) is 0 Å². The average molecular weight is 798 g/mol. The zero-order valence-electron chi connectivity index (χ0n) is 34.8. The number of ether oxygens (including phenoxy) is 1. The molecule has 1 fully saturated rings. The standard InChI is InChI=1S/C43H67N5O7S/c1-9-12-13-15-23-48(42(52)38(29(6)10-2)46-40(51)35-17-14-16-22-47(35)8)36(28(4)5)26-37(55-11-3)41-45-34(27-56-41)39(50)44-32(24-30(7)43(53)54)25-31-18-20-33(49)21-19-31/h13,15,18-21,27-30,32,35-38,49H,9-12,14,16-17,22-26H2,1-8H3,(H,44,50)(H,46,51)(H,53,54)/t29-,30-,32+,35+,36+,37+,38-/m0/s1. The SMILES string of the molecule is CCCC=CCN(C(=O)[C@@H](NC(=O)[C@H]1CCCCN1C)[C@@H](C)CC)[C@H](C[C@@H](OCC)c1nc(C(=O)N[C@@H](Cc2ccc(O)cc2)C[C@H](C)C(=O)O)cs1)C(C)C. The number of allylic oxidation sites excluding steroid dienone is 1. The molecule has 0 unspecified atom stereocenters. The van der Waals surface area contributed by atoms with Crippen molar-refractivity contribution in [2.45, 2.75) is 137 Å². The second-order valence-electron chi connectivity index (χ2n) is 15.7. The lowest BCUT2D eigenvalue weighted by Crippen LogP contribution is -2.58. The van der Waals surface area contributed by atoms with Gasteiger partial charge in [0.15, 0.2) is 0 Å². The summed E-state index contributed by atoms with van der Waals surface area (Å²) >= 11 is 1.32. The third-order valence-electron chi connectivity index (χ3n) is 10.9. The lowest BCUT2D eigenvalue weighted by molar-refractivity contribution is -0.142. The number of nitrogens with zero attached hydrogens (tertiary/aromatic N) is 3. The van der Waals surface area contributed by atoms with Gasteiger partial charge >= 0.3 is 5.97 Å². The minimum atomic E-state index is -0.951. The number of rotatable bonds is 23. The van der Waals surface area contributed by atoms with Gasteiger partial charge in [0.2, 0.25) is 11.8 Å². The fourth-order valence-electron chi connectivity index (χ4n) is 7.24. The maximum atomic E-state index is 14.8. The lowest BCUT2D eigenvalue weighted by Gasteiger charge is -2.40. The normalized spacial score (nSPS) is 18.2. The molecule has 0 radical (unpaired) electrons. The van der Waals surface area contributed by atoms with E-state index in [1.54, 1.807) is 36.6 Å². The van der Waals surface area contributed by atoms with Gasteiger partial charge in [-0.3, -0.25) is 24.1 Å². The minimum Gasteiger partial charge on any atom is -0.508 e. The van der Waals surface area contributed by atoms with Crippen molar-refractivity contribution >= 4 is 35.0 Å². The van der Waals surface area contributed by atoms with Crippen molar-refractivity contribution in [3.8, 4) is 5.75 Å². The summed E-state index contributed by atoms with van der Waals surface area (Å²) in [5.74, 6) is -2.22. The summed E-state index contributed by atoms with van der Waals surface area (Å²) in [6.07, 6.45) is 10.1. The number of likely N-dealkylation sites (tertiary alicyclic amines) is 1. The molecule has 1 aromatic carbocycles. The van der Waals surface area contributed by atoms with Crippen LogP contribution >= 0.6 is 11.3 Å². The number of phenolic OH excluding ortho intramolecular Hbond substituents is 1. The Balaban J connectivity index is 1.90. The number of aliphatic carboxylic acids is 1. The van der Waals surface area contributed by atoms with Crippen molar-refractivity contribution in [3.63, 3.8) is 0 Å². The highest BCUT2D eigenvalue weighted by atomic mass is 32.1. The fraction of sp³-hybridized carbons (Fsp3) is 0.651. The number of aromatic hydroxyl groups is 1. The summed E-state index contributed by atoms with van der Waals surface area (Å²) in [7, 11) is 1.97. The van der Waals surface area contributed by atoms with Crippen LogP contribution in [-0.2, 0) is 25.5 Å². The molecule has 0 saturated carbocycles. The van der Waals surface area contributed by atoms with E-state index < -0.39 is 36.0 Å². The number of phenols is 1. The Labute approximate surface area is 338 Å². The third-order valence-corrected chi connectivity index (χ3v) is 11.8. The highest BCUT2D eigenvalue weighted by Gasteiger charge is 2.38. The molecule has 7 atom stereocenters. The highest BCUT2D eigenvalue weighted by Crippen LogP contribution is 2.32. The van der Waals surface area contributed by atoms with Gasteiger partial charge in [-0.15, -0.1) is 11.3 Å². The quantitative estimate of drug-likeness (QED) is 0.0869. The molecule has 1 aromatic heterocycles. The van der Waals surface area contributed by atoms with Gasteiger partial charge in [0, 0.05) is 37.0 Å². The van der Waals surface area contributed by atoms with E-state index in [0.717, 1.165) is 50.6 Å². The summed E-state index contributed by atoms with van der Waals surface area (Å²) in [5.41, 5.74) is 1.05. The Bertz CT molecular complexity index is 1560. The highest BCUT2D eigenvalue weighted by molar-refractivity contribution is 7.09. The molecule has 12 nitrogen and oxygen atoms in total. The average Bonchev–Trinajstić information content (AvgIpc) is 3.67. The molecule has 0 bridgehead atoms. The van der Waals surface area contributed by atoms with Crippen molar-refractivity contribution in [3.05, 3.63) is 58.1 Å². The van der Waals surface area contributed by atoms with Crippen molar-refractivity contribution in [1.82, 2.24) is 25.4 Å². The first-order valence-electron chi connectivity index (χ1n) is 20.5. The molecule has 2 heterocycles. The van der Waals surface area contributed by atoms with Crippen LogP contribution in [0.1, 0.15) is 127 Å². The minimum absolute atomic E-state index is 0.0267. The summed E-state index contributed by atoms with van der Waals surface area (Å²) in [5, 5.41) is 27.8. The molecule has 3 amide bonds. The van der Waals surface area contributed by atoms with E-state index in [2.05, 4.69) is 42.4 Å². The molecular weight excluding hydrogens is 731 g/mol. The Morgan fingerprint density at radius 2 is 1.75 bits per heavy atom. The van der Waals surface area contributed by atoms with Gasteiger partial charge in [-0.1, -0.05) is 85.1 Å².